The number of carbonyl (C=O) groups is 2. The van der Waals surface area contributed by atoms with Crippen LogP contribution in [0.2, 0.25) is 0 Å². The summed E-state index contributed by atoms with van der Waals surface area (Å²) in [5.74, 6) is 0.400. The quantitative estimate of drug-likeness (QED) is 0.137. The topological polar surface area (TPSA) is 55.4 Å². The maximum atomic E-state index is 13.2. The van der Waals surface area contributed by atoms with Gasteiger partial charge in [-0.15, -0.1) is 0 Å². The fourth-order valence-corrected chi connectivity index (χ4v) is 4.99. The third kappa shape index (κ3) is 10.6. The number of nitrogens with one attached hydrogen (secondary N) is 1. The Labute approximate surface area is 241 Å². The van der Waals surface area contributed by atoms with E-state index >= 15 is 0 Å². The lowest BCUT2D eigenvalue weighted by atomic mass is 9.97. The van der Waals surface area contributed by atoms with Gasteiger partial charge >= 0.3 is 0 Å². The standard InChI is InChI=1S/C36H47NO3/c1-5-6-7-8-9-15-26-36(3,4)40-34-19-14-13-18-31(34)33(38)24-25-35(39)37-32(30-16-11-10-12-17-30)27-29-22-20-28(2)21-23-29/h10-14,16-23,32H,5-9,15,24-27H2,1-4H3,(H,37,39). The summed E-state index contributed by atoms with van der Waals surface area (Å²) in [4.78, 5) is 26.3. The summed E-state index contributed by atoms with van der Waals surface area (Å²) >= 11 is 0. The molecule has 0 aliphatic carbocycles. The van der Waals surface area contributed by atoms with Crippen LogP contribution in [0.1, 0.15) is 112 Å². The molecular formula is C36H47NO3. The summed E-state index contributed by atoms with van der Waals surface area (Å²) < 4.78 is 6.36. The fourth-order valence-electron chi connectivity index (χ4n) is 4.99. The van der Waals surface area contributed by atoms with Crippen LogP contribution in [-0.4, -0.2) is 17.3 Å². The first-order chi connectivity index (χ1) is 19.3. The molecule has 0 aromatic heterocycles. The van der Waals surface area contributed by atoms with Gasteiger partial charge in [-0.3, -0.25) is 9.59 Å². The maximum absolute atomic E-state index is 13.2. The summed E-state index contributed by atoms with van der Waals surface area (Å²) in [6.45, 7) is 8.48. The molecule has 0 radical (unpaired) electrons. The first-order valence-electron chi connectivity index (χ1n) is 15.0. The number of ketones is 1. The summed E-state index contributed by atoms with van der Waals surface area (Å²) in [6, 6.07) is 25.7. The Balaban J connectivity index is 1.57. The Morgan fingerprint density at radius 3 is 2.17 bits per heavy atom. The van der Waals surface area contributed by atoms with Crippen LogP contribution >= 0.6 is 0 Å². The highest BCUT2D eigenvalue weighted by Crippen LogP contribution is 2.28. The number of para-hydroxylation sites is 1. The third-order valence-corrected chi connectivity index (χ3v) is 7.38. The van der Waals surface area contributed by atoms with Crippen LogP contribution in [0, 0.1) is 6.92 Å². The highest BCUT2D eigenvalue weighted by molar-refractivity contribution is 6.00. The maximum Gasteiger partial charge on any atom is 0.220 e. The van der Waals surface area contributed by atoms with Gasteiger partial charge in [0.05, 0.1) is 11.6 Å². The number of carbonyl (C=O) groups excluding carboxylic acids is 2. The molecule has 1 unspecified atom stereocenters. The first kappa shape index (κ1) is 31.1. The van der Waals surface area contributed by atoms with E-state index in [1.807, 2.05) is 48.5 Å². The van der Waals surface area contributed by atoms with Gasteiger partial charge in [-0.05, 0) is 63.3 Å². The van der Waals surface area contributed by atoms with Crippen molar-refractivity contribution in [3.05, 3.63) is 101 Å². The van der Waals surface area contributed by atoms with Gasteiger partial charge in [-0.1, -0.05) is 111 Å². The van der Waals surface area contributed by atoms with Crippen molar-refractivity contribution >= 4 is 11.7 Å². The zero-order valence-corrected chi connectivity index (χ0v) is 24.9. The van der Waals surface area contributed by atoms with Crippen LogP contribution < -0.4 is 10.1 Å². The minimum Gasteiger partial charge on any atom is -0.487 e. The van der Waals surface area contributed by atoms with E-state index in [9.17, 15) is 9.59 Å². The second-order valence-corrected chi connectivity index (χ2v) is 11.5. The second-order valence-electron chi connectivity index (χ2n) is 11.5. The van der Waals surface area contributed by atoms with Gasteiger partial charge in [-0.25, -0.2) is 0 Å². The molecule has 0 saturated carbocycles. The number of unbranched alkanes of at least 4 members (excludes halogenated alkanes) is 5. The number of rotatable bonds is 17. The van der Waals surface area contributed by atoms with Gasteiger partial charge < -0.3 is 10.1 Å². The van der Waals surface area contributed by atoms with Crippen molar-refractivity contribution in [3.63, 3.8) is 0 Å². The Morgan fingerprint density at radius 1 is 0.800 bits per heavy atom. The van der Waals surface area contributed by atoms with Gasteiger partial charge in [0.15, 0.2) is 5.78 Å². The highest BCUT2D eigenvalue weighted by atomic mass is 16.5. The van der Waals surface area contributed by atoms with Crippen LogP contribution in [0.15, 0.2) is 78.9 Å². The van der Waals surface area contributed by atoms with Gasteiger partial charge in [0, 0.05) is 12.8 Å². The van der Waals surface area contributed by atoms with E-state index in [4.69, 9.17) is 4.74 Å². The largest absolute Gasteiger partial charge is 0.487 e. The van der Waals surface area contributed by atoms with E-state index in [0.717, 1.165) is 24.0 Å². The molecule has 3 aromatic carbocycles. The molecule has 40 heavy (non-hydrogen) atoms. The summed E-state index contributed by atoms with van der Waals surface area (Å²) in [5.41, 5.74) is 3.60. The molecule has 1 amide bonds. The molecule has 0 aliphatic rings. The van der Waals surface area contributed by atoms with Crippen molar-refractivity contribution in [2.45, 2.75) is 104 Å². The molecule has 1 atom stereocenters. The van der Waals surface area contributed by atoms with Crippen molar-refractivity contribution in [2.75, 3.05) is 0 Å². The van der Waals surface area contributed by atoms with E-state index in [0.29, 0.717) is 17.7 Å². The molecule has 0 aliphatic heterocycles. The number of Topliss-reactive ketones (excluding diaryl/α,β-unsaturated/α-hetero) is 1. The van der Waals surface area contributed by atoms with Gasteiger partial charge in [0.2, 0.25) is 5.91 Å². The molecular weight excluding hydrogens is 494 g/mol. The lowest BCUT2D eigenvalue weighted by Crippen LogP contribution is -2.30. The average Bonchev–Trinajstić information content (AvgIpc) is 2.95. The molecule has 3 aromatic rings. The predicted octanol–water partition coefficient (Wildman–Crippen LogP) is 8.97. The van der Waals surface area contributed by atoms with Gasteiger partial charge in [0.25, 0.3) is 0 Å². The summed E-state index contributed by atoms with van der Waals surface area (Å²) in [7, 11) is 0. The lowest BCUT2D eigenvalue weighted by molar-refractivity contribution is -0.121. The Kier molecular flexibility index (Phi) is 12.5. The summed E-state index contributed by atoms with van der Waals surface area (Å²) in [6.07, 6.45) is 9.31. The number of hydrogen-bond acceptors (Lipinski definition) is 3. The van der Waals surface area contributed by atoms with Crippen molar-refractivity contribution in [3.8, 4) is 5.75 Å². The molecule has 3 rings (SSSR count). The smallest absolute Gasteiger partial charge is 0.220 e. The Bertz CT molecular complexity index is 1180. The van der Waals surface area contributed by atoms with Gasteiger partial charge in [-0.2, -0.15) is 0 Å². The third-order valence-electron chi connectivity index (χ3n) is 7.38. The Hall–Kier alpha value is -3.40. The van der Waals surface area contributed by atoms with Crippen LogP contribution in [0.4, 0.5) is 0 Å². The molecule has 4 heteroatoms. The SMILES string of the molecule is CCCCCCCCC(C)(C)Oc1ccccc1C(=O)CCC(=O)NC(Cc1ccc(C)cc1)c1ccccc1. The van der Waals surface area contributed by atoms with Gasteiger partial charge in [0.1, 0.15) is 11.4 Å². The zero-order valence-electron chi connectivity index (χ0n) is 24.9. The molecule has 0 heterocycles. The molecule has 214 valence electrons. The second kappa shape index (κ2) is 16.0. The molecule has 1 N–H and O–H groups in total. The number of amides is 1. The zero-order chi connectivity index (χ0) is 28.8. The minimum absolute atomic E-state index is 0.0732. The molecule has 0 bridgehead atoms. The van der Waals surface area contributed by atoms with E-state index < -0.39 is 0 Å². The van der Waals surface area contributed by atoms with E-state index in [1.165, 1.54) is 37.7 Å². The number of aryl methyl sites for hydroxylation is 1. The number of ether oxygens (including phenoxy) is 1. The van der Waals surface area contributed by atoms with Crippen molar-refractivity contribution in [1.29, 1.82) is 0 Å². The minimum atomic E-state index is -0.364. The van der Waals surface area contributed by atoms with Crippen LogP contribution in [-0.2, 0) is 11.2 Å². The van der Waals surface area contributed by atoms with Crippen LogP contribution in [0.3, 0.4) is 0 Å². The van der Waals surface area contributed by atoms with E-state index in [-0.39, 0.29) is 36.2 Å². The predicted molar refractivity (Wildman–Crippen MR) is 165 cm³/mol. The van der Waals surface area contributed by atoms with Crippen molar-refractivity contribution in [1.82, 2.24) is 5.32 Å². The molecule has 0 fully saturated rings. The molecule has 0 spiro atoms. The normalized spacial score (nSPS) is 12.1. The summed E-state index contributed by atoms with van der Waals surface area (Å²) in [5, 5.41) is 3.17. The molecule has 0 saturated heterocycles. The average molecular weight is 542 g/mol. The number of hydrogen-bond donors (Lipinski definition) is 1. The van der Waals surface area contributed by atoms with E-state index in [2.05, 4.69) is 57.3 Å². The monoisotopic (exact) mass is 541 g/mol. The lowest BCUT2D eigenvalue weighted by Gasteiger charge is -2.27. The van der Waals surface area contributed by atoms with Crippen molar-refractivity contribution < 1.29 is 14.3 Å². The first-order valence-corrected chi connectivity index (χ1v) is 15.0. The molecule has 4 nitrogen and oxygen atoms in total. The van der Waals surface area contributed by atoms with Crippen LogP contribution in [0.25, 0.3) is 0 Å². The van der Waals surface area contributed by atoms with Crippen molar-refractivity contribution in [2.24, 2.45) is 0 Å². The fraction of sp³-hybridized carbons (Fsp3) is 0.444. The van der Waals surface area contributed by atoms with Crippen LogP contribution in [0.5, 0.6) is 5.75 Å². The van der Waals surface area contributed by atoms with E-state index in [1.54, 1.807) is 6.07 Å². The Morgan fingerprint density at radius 2 is 1.45 bits per heavy atom. The highest BCUT2D eigenvalue weighted by Gasteiger charge is 2.23. The number of benzene rings is 3.